The largest absolute Gasteiger partial charge is 0.461 e. The minimum absolute atomic E-state index is 0.0115. The first-order valence-electron chi connectivity index (χ1n) is 13.0. The molecule has 3 heterocycles. The van der Waals surface area contributed by atoms with Crippen molar-refractivity contribution >= 4 is 23.9 Å². The molecule has 2 bridgehead atoms. The summed E-state index contributed by atoms with van der Waals surface area (Å²) >= 11 is 0. The number of aromatic nitrogens is 4. The van der Waals surface area contributed by atoms with Gasteiger partial charge in [0, 0.05) is 25.2 Å². The molecule has 1 aliphatic rings. The third-order valence-electron chi connectivity index (χ3n) is 5.35. The van der Waals surface area contributed by atoms with E-state index in [1.807, 2.05) is 0 Å². The number of esters is 4. The SMILES string of the molecule is CCOC(=O)c1cc2n(n1)CCCn1nc(cc1C(=O)OCC)C(=O)OCCOCCOCCOCCOC2=O. The van der Waals surface area contributed by atoms with E-state index in [9.17, 15) is 19.2 Å². The first-order valence-corrected chi connectivity index (χ1v) is 13.0. The highest BCUT2D eigenvalue weighted by Gasteiger charge is 2.23. The third-order valence-corrected chi connectivity index (χ3v) is 5.35. The van der Waals surface area contributed by atoms with Gasteiger partial charge in [-0.1, -0.05) is 0 Å². The quantitative estimate of drug-likeness (QED) is 0.378. The lowest BCUT2D eigenvalue weighted by Gasteiger charge is -2.10. The highest BCUT2D eigenvalue weighted by Crippen LogP contribution is 2.13. The van der Waals surface area contributed by atoms with Crippen molar-refractivity contribution in [1.29, 1.82) is 0 Å². The fourth-order valence-electron chi connectivity index (χ4n) is 3.56. The Morgan fingerprint density at radius 1 is 0.750 bits per heavy atom. The van der Waals surface area contributed by atoms with Gasteiger partial charge in [0.25, 0.3) is 0 Å². The van der Waals surface area contributed by atoms with Crippen LogP contribution in [-0.4, -0.2) is 110 Å². The molecule has 0 radical (unpaired) electrons. The van der Waals surface area contributed by atoms with Crippen LogP contribution in [0.1, 0.15) is 62.2 Å². The fourth-order valence-corrected chi connectivity index (χ4v) is 3.56. The summed E-state index contributed by atoms with van der Waals surface area (Å²) < 4.78 is 39.4. The molecule has 0 fully saturated rings. The zero-order valence-electron chi connectivity index (χ0n) is 22.6. The molecule has 1 aliphatic heterocycles. The molecule has 0 aliphatic carbocycles. The number of carbonyl (C=O) groups excluding carboxylic acids is 4. The van der Waals surface area contributed by atoms with Gasteiger partial charge in [0.05, 0.1) is 52.9 Å². The monoisotopic (exact) mass is 566 g/mol. The molecule has 0 amide bonds. The Bertz CT molecular complexity index is 1140. The lowest BCUT2D eigenvalue weighted by molar-refractivity contribution is -0.00702. The Balaban J connectivity index is 1.80. The van der Waals surface area contributed by atoms with E-state index in [-0.39, 0.29) is 82.1 Å². The van der Waals surface area contributed by atoms with Gasteiger partial charge >= 0.3 is 23.9 Å². The van der Waals surface area contributed by atoms with Crippen LogP contribution >= 0.6 is 0 Å². The van der Waals surface area contributed by atoms with Crippen LogP contribution < -0.4 is 0 Å². The Labute approximate surface area is 230 Å². The summed E-state index contributed by atoms with van der Waals surface area (Å²) in [5, 5.41) is 8.42. The number of aryl methyl sites for hydroxylation is 2. The molecule has 2 aromatic rings. The molecule has 0 atom stereocenters. The number of ether oxygens (including phenoxy) is 7. The Morgan fingerprint density at radius 2 is 1.30 bits per heavy atom. The summed E-state index contributed by atoms with van der Waals surface area (Å²) in [5.74, 6) is -2.77. The molecule has 40 heavy (non-hydrogen) atoms. The lowest BCUT2D eigenvalue weighted by Crippen LogP contribution is -2.18. The van der Waals surface area contributed by atoms with Crippen molar-refractivity contribution in [3.8, 4) is 0 Å². The Hall–Kier alpha value is -3.82. The topological polar surface area (TPSA) is 169 Å². The van der Waals surface area contributed by atoms with Crippen LogP contribution in [0.2, 0.25) is 0 Å². The first-order chi connectivity index (χ1) is 19.4. The number of hydrogen-bond donors (Lipinski definition) is 0. The highest BCUT2D eigenvalue weighted by atomic mass is 16.6. The average molecular weight is 567 g/mol. The Morgan fingerprint density at radius 3 is 1.93 bits per heavy atom. The van der Waals surface area contributed by atoms with E-state index in [1.165, 1.54) is 21.5 Å². The second-order valence-electron chi connectivity index (χ2n) is 8.18. The molecule has 220 valence electrons. The molecule has 15 heteroatoms. The van der Waals surface area contributed by atoms with Crippen molar-refractivity contribution in [3.05, 3.63) is 34.9 Å². The maximum absolute atomic E-state index is 12.8. The van der Waals surface area contributed by atoms with E-state index in [0.29, 0.717) is 26.2 Å². The van der Waals surface area contributed by atoms with Crippen LogP contribution in [0.3, 0.4) is 0 Å². The number of fused-ring (bicyclic) bond motifs is 3. The van der Waals surface area contributed by atoms with E-state index < -0.39 is 23.9 Å². The van der Waals surface area contributed by atoms with Gasteiger partial charge in [-0.15, -0.1) is 0 Å². The summed E-state index contributed by atoms with van der Waals surface area (Å²) in [4.78, 5) is 50.0. The summed E-state index contributed by atoms with van der Waals surface area (Å²) in [6.45, 7) is 5.37. The highest BCUT2D eigenvalue weighted by molar-refractivity contribution is 5.94. The maximum Gasteiger partial charge on any atom is 0.358 e. The van der Waals surface area contributed by atoms with Crippen LogP contribution in [0, 0.1) is 0 Å². The van der Waals surface area contributed by atoms with Gasteiger partial charge < -0.3 is 33.2 Å². The molecule has 3 rings (SSSR count). The van der Waals surface area contributed by atoms with Crippen molar-refractivity contribution < 1.29 is 52.3 Å². The number of hydrogen-bond acceptors (Lipinski definition) is 13. The van der Waals surface area contributed by atoms with Gasteiger partial charge in [-0.05, 0) is 20.3 Å². The van der Waals surface area contributed by atoms with Crippen LogP contribution in [-0.2, 0) is 46.2 Å². The molecule has 0 spiro atoms. The molecule has 0 aromatic carbocycles. The van der Waals surface area contributed by atoms with E-state index in [0.717, 1.165) is 0 Å². The maximum atomic E-state index is 12.8. The third kappa shape index (κ3) is 9.14. The zero-order valence-corrected chi connectivity index (χ0v) is 22.6. The second kappa shape index (κ2) is 16.3. The van der Waals surface area contributed by atoms with Crippen LogP contribution in [0.5, 0.6) is 0 Å². The normalized spacial score (nSPS) is 16.8. The smallest absolute Gasteiger partial charge is 0.358 e. The van der Waals surface area contributed by atoms with Crippen molar-refractivity contribution in [3.63, 3.8) is 0 Å². The van der Waals surface area contributed by atoms with Crippen LogP contribution in [0.25, 0.3) is 0 Å². The number of carbonyl (C=O) groups is 4. The predicted molar refractivity (Wildman–Crippen MR) is 134 cm³/mol. The van der Waals surface area contributed by atoms with Gasteiger partial charge in [0.15, 0.2) is 11.4 Å². The summed E-state index contributed by atoms with van der Waals surface area (Å²) in [5.41, 5.74) is -0.0224. The van der Waals surface area contributed by atoms with Gasteiger partial charge in [-0.3, -0.25) is 9.36 Å². The average Bonchev–Trinajstić information content (AvgIpc) is 3.56. The van der Waals surface area contributed by atoms with E-state index in [4.69, 9.17) is 33.2 Å². The predicted octanol–water partition coefficient (Wildman–Crippen LogP) is 0.900. The van der Waals surface area contributed by atoms with Crippen molar-refractivity contribution in [2.45, 2.75) is 33.4 Å². The zero-order chi connectivity index (χ0) is 28.7. The Kier molecular flexibility index (Phi) is 12.5. The first kappa shape index (κ1) is 30.7. The van der Waals surface area contributed by atoms with E-state index >= 15 is 0 Å². The van der Waals surface area contributed by atoms with Gasteiger partial charge in [-0.25, -0.2) is 19.2 Å². The minimum atomic E-state index is -0.726. The van der Waals surface area contributed by atoms with E-state index in [1.54, 1.807) is 13.8 Å². The van der Waals surface area contributed by atoms with Crippen LogP contribution in [0.15, 0.2) is 12.1 Å². The molecule has 0 saturated heterocycles. The fraction of sp³-hybridized carbons (Fsp3) is 0.600. The molecule has 0 saturated carbocycles. The molecular formula is C25H34N4O11. The summed E-state index contributed by atoms with van der Waals surface area (Å²) in [6.07, 6.45) is 0.309. The second-order valence-corrected chi connectivity index (χ2v) is 8.18. The van der Waals surface area contributed by atoms with Gasteiger partial charge in [0.1, 0.15) is 24.6 Å². The molecule has 2 aromatic heterocycles. The molecule has 0 N–H and O–H groups in total. The van der Waals surface area contributed by atoms with E-state index in [2.05, 4.69) is 10.2 Å². The minimum Gasteiger partial charge on any atom is -0.461 e. The van der Waals surface area contributed by atoms with Crippen LogP contribution in [0.4, 0.5) is 0 Å². The number of nitrogens with zero attached hydrogens (tertiary/aromatic N) is 4. The molecular weight excluding hydrogens is 532 g/mol. The van der Waals surface area contributed by atoms with Crippen molar-refractivity contribution in [2.75, 3.05) is 66.1 Å². The lowest BCUT2D eigenvalue weighted by atomic mass is 10.3. The van der Waals surface area contributed by atoms with Gasteiger partial charge in [-0.2, -0.15) is 10.2 Å². The number of cyclic esters (lactones) is 2. The standard InChI is InChI=1S/C25H34N4O11/c1-3-37-22(30)18-16-21-25(33)40-15-13-36-11-9-34-8-10-35-12-14-39-23(31)19-17-20(24(32)38-4-2)28(27-19)6-5-7-29(21)26-18/h16-17H,3-15H2,1-2H3. The summed E-state index contributed by atoms with van der Waals surface area (Å²) in [6, 6.07) is 2.59. The van der Waals surface area contributed by atoms with Crippen molar-refractivity contribution in [2.24, 2.45) is 0 Å². The molecule has 0 unspecified atom stereocenters. The number of rotatable bonds is 4. The van der Waals surface area contributed by atoms with Crippen molar-refractivity contribution in [1.82, 2.24) is 19.6 Å². The van der Waals surface area contributed by atoms with Gasteiger partial charge in [0.2, 0.25) is 0 Å². The summed E-state index contributed by atoms with van der Waals surface area (Å²) in [7, 11) is 0. The molecule has 15 nitrogen and oxygen atoms in total.